The molecule has 0 saturated carbocycles. The molecule has 4 heteroatoms. The molecule has 3 aromatic rings. The number of nitrogens with zero attached hydrogens (tertiary/aromatic N) is 2. The molecule has 0 fully saturated rings. The highest BCUT2D eigenvalue weighted by atomic mass is 32.1. The van der Waals surface area contributed by atoms with Crippen LogP contribution in [0.2, 0.25) is 0 Å². The van der Waals surface area contributed by atoms with Crippen LogP contribution in [-0.4, -0.2) is 10.2 Å². The van der Waals surface area contributed by atoms with Gasteiger partial charge in [0.2, 0.25) is 6.20 Å². The van der Waals surface area contributed by atoms with Crippen molar-refractivity contribution in [1.29, 1.82) is 0 Å². The van der Waals surface area contributed by atoms with Gasteiger partial charge in [0.15, 0.2) is 5.52 Å². The second-order valence-corrected chi connectivity index (χ2v) is 5.15. The van der Waals surface area contributed by atoms with Crippen LogP contribution in [0, 0.1) is 0 Å². The quantitative estimate of drug-likeness (QED) is 0.568. The lowest BCUT2D eigenvalue weighted by atomic mass is 10.2. The molecule has 0 aliphatic carbocycles. The number of thiazole rings is 1. The van der Waals surface area contributed by atoms with Crippen LogP contribution in [0.1, 0.15) is 32.2 Å². The number of aryl methyl sites for hydroxylation is 1. The molecule has 1 N–H and O–H groups in total. The molecular weight excluding hydrogens is 256 g/mol. The highest BCUT2D eigenvalue weighted by molar-refractivity contribution is 7.19. The van der Waals surface area contributed by atoms with Gasteiger partial charge in [-0.05, 0) is 18.9 Å². The van der Waals surface area contributed by atoms with E-state index < -0.39 is 0 Å². The van der Waals surface area contributed by atoms with Gasteiger partial charge >= 0.3 is 0 Å². The number of para-hydroxylation sites is 1. The normalized spacial score (nSPS) is 10.5. The van der Waals surface area contributed by atoms with Crippen LogP contribution < -0.4 is 4.73 Å². The van der Waals surface area contributed by atoms with Crippen molar-refractivity contribution in [2.75, 3.05) is 0 Å². The van der Waals surface area contributed by atoms with Gasteiger partial charge in [-0.2, -0.15) is 0 Å². The van der Waals surface area contributed by atoms with Gasteiger partial charge in [-0.25, -0.2) is 4.98 Å². The first-order valence-corrected chi connectivity index (χ1v) is 7.53. The number of benzene rings is 1. The first-order chi connectivity index (χ1) is 9.29. The van der Waals surface area contributed by atoms with E-state index in [1.165, 1.54) is 0 Å². The zero-order valence-electron chi connectivity index (χ0n) is 11.6. The Hall–Kier alpha value is -1.68. The summed E-state index contributed by atoms with van der Waals surface area (Å²) in [4.78, 5) is 4.55. The third-order valence-electron chi connectivity index (χ3n) is 2.80. The van der Waals surface area contributed by atoms with Gasteiger partial charge in [0.25, 0.3) is 5.52 Å². The van der Waals surface area contributed by atoms with E-state index in [2.05, 4.69) is 11.9 Å². The number of hydrogen-bond acceptors (Lipinski definition) is 3. The smallest absolute Gasteiger partial charge is 0.266 e. The summed E-state index contributed by atoms with van der Waals surface area (Å²) < 4.78 is 2.32. The lowest BCUT2D eigenvalue weighted by Crippen LogP contribution is -2.30. The van der Waals surface area contributed by atoms with Gasteiger partial charge in [0.05, 0.1) is 15.1 Å². The van der Waals surface area contributed by atoms with E-state index in [4.69, 9.17) is 0 Å². The Balaban J connectivity index is 0.000000637. The molecule has 0 spiro atoms. The van der Waals surface area contributed by atoms with E-state index in [9.17, 15) is 5.21 Å². The molecular formula is C15H19N2OS+. The molecule has 0 aliphatic rings. The van der Waals surface area contributed by atoms with Crippen molar-refractivity contribution in [3.8, 4) is 0 Å². The van der Waals surface area contributed by atoms with E-state index in [1.807, 2.05) is 38.1 Å². The van der Waals surface area contributed by atoms with Gasteiger partial charge in [-0.15, -0.1) is 11.3 Å². The Labute approximate surface area is 117 Å². The van der Waals surface area contributed by atoms with Crippen molar-refractivity contribution >= 4 is 32.5 Å². The van der Waals surface area contributed by atoms with E-state index in [-0.39, 0.29) is 0 Å². The van der Waals surface area contributed by atoms with Crippen LogP contribution in [0.5, 0.6) is 0 Å². The Bertz CT molecular complexity index is 691. The second kappa shape index (κ2) is 5.97. The summed E-state index contributed by atoms with van der Waals surface area (Å²) in [7, 11) is 0. The fraction of sp³-hybridized carbons (Fsp3) is 0.333. The Morgan fingerprint density at radius 1 is 1.26 bits per heavy atom. The van der Waals surface area contributed by atoms with Crippen LogP contribution in [0.4, 0.5) is 0 Å². The van der Waals surface area contributed by atoms with Crippen LogP contribution in [0.25, 0.3) is 21.1 Å². The zero-order valence-corrected chi connectivity index (χ0v) is 12.4. The molecule has 1 aromatic carbocycles. The second-order valence-electron chi connectivity index (χ2n) is 4.06. The molecule has 3 rings (SSSR count). The third kappa shape index (κ3) is 2.54. The van der Waals surface area contributed by atoms with Crippen molar-refractivity contribution in [1.82, 2.24) is 4.98 Å². The average Bonchev–Trinajstić information content (AvgIpc) is 2.84. The Kier molecular flexibility index (Phi) is 4.32. The summed E-state index contributed by atoms with van der Waals surface area (Å²) in [5.41, 5.74) is 1.70. The molecule has 0 saturated heterocycles. The van der Waals surface area contributed by atoms with Crippen LogP contribution >= 0.6 is 11.3 Å². The average molecular weight is 275 g/mol. The molecule has 0 atom stereocenters. The molecule has 0 aliphatic heterocycles. The minimum Gasteiger partial charge on any atom is -0.284 e. The Morgan fingerprint density at radius 3 is 2.74 bits per heavy atom. The molecule has 100 valence electrons. The predicted molar refractivity (Wildman–Crippen MR) is 79.8 cm³/mol. The molecule has 2 aromatic heterocycles. The predicted octanol–water partition coefficient (Wildman–Crippen LogP) is 3.95. The van der Waals surface area contributed by atoms with Crippen LogP contribution in [-0.2, 0) is 6.42 Å². The molecule has 0 amide bonds. The first-order valence-electron chi connectivity index (χ1n) is 6.71. The van der Waals surface area contributed by atoms with Gasteiger partial charge in [-0.1, -0.05) is 32.9 Å². The Morgan fingerprint density at radius 2 is 2.00 bits per heavy atom. The van der Waals surface area contributed by atoms with E-state index in [0.29, 0.717) is 0 Å². The van der Waals surface area contributed by atoms with E-state index in [0.717, 1.165) is 43.7 Å². The van der Waals surface area contributed by atoms with Gasteiger partial charge in [0, 0.05) is 10.8 Å². The summed E-state index contributed by atoms with van der Waals surface area (Å²) in [6.07, 6.45) is 3.78. The third-order valence-corrected chi connectivity index (χ3v) is 3.97. The van der Waals surface area contributed by atoms with Gasteiger partial charge in [0.1, 0.15) is 0 Å². The van der Waals surface area contributed by atoms with Gasteiger partial charge < -0.3 is 0 Å². The zero-order chi connectivity index (χ0) is 13.8. The summed E-state index contributed by atoms with van der Waals surface area (Å²) in [6.45, 7) is 6.15. The van der Waals surface area contributed by atoms with E-state index in [1.54, 1.807) is 17.5 Å². The minimum atomic E-state index is 0.826. The number of rotatable bonds is 2. The lowest BCUT2D eigenvalue weighted by Gasteiger charge is -1.93. The molecule has 2 heterocycles. The van der Waals surface area contributed by atoms with Crippen LogP contribution in [0.15, 0.2) is 30.5 Å². The van der Waals surface area contributed by atoms with Crippen LogP contribution in [0.3, 0.4) is 0 Å². The molecule has 0 unspecified atom stereocenters. The largest absolute Gasteiger partial charge is 0.284 e. The van der Waals surface area contributed by atoms with Crippen molar-refractivity contribution in [2.45, 2.75) is 33.6 Å². The van der Waals surface area contributed by atoms with Crippen molar-refractivity contribution in [3.05, 3.63) is 35.5 Å². The minimum absolute atomic E-state index is 0.826. The molecule has 0 bridgehead atoms. The molecule has 0 radical (unpaired) electrons. The molecule has 19 heavy (non-hydrogen) atoms. The van der Waals surface area contributed by atoms with Crippen molar-refractivity contribution in [3.63, 3.8) is 0 Å². The summed E-state index contributed by atoms with van der Waals surface area (Å²) >= 11 is 1.72. The lowest BCUT2D eigenvalue weighted by molar-refractivity contribution is -0.883. The fourth-order valence-corrected chi connectivity index (χ4v) is 3.20. The highest BCUT2D eigenvalue weighted by Gasteiger charge is 2.15. The maximum atomic E-state index is 9.89. The van der Waals surface area contributed by atoms with E-state index >= 15 is 0 Å². The standard InChI is InChI=1S/C13H13N2OS.C2H6/c1-2-5-12-14-10-8-15(16)11-7-4-3-6-9(11)13(10)17-12;1-2/h3-4,6-8,16H,2,5H2,1H3;1-2H3/q+1;. The monoisotopic (exact) mass is 275 g/mol. The SMILES string of the molecule is CC.CCCc1nc2c[n+](O)c3ccccc3c2s1. The fourth-order valence-electron chi connectivity index (χ4n) is 2.03. The highest BCUT2D eigenvalue weighted by Crippen LogP contribution is 2.28. The number of hydrogen-bond donors (Lipinski definition) is 1. The number of aromatic nitrogens is 2. The maximum Gasteiger partial charge on any atom is 0.266 e. The number of pyridine rings is 1. The number of fused-ring (bicyclic) bond motifs is 3. The molecule has 3 nitrogen and oxygen atoms in total. The summed E-state index contributed by atoms with van der Waals surface area (Å²) in [5.74, 6) is 0. The topological polar surface area (TPSA) is 37.0 Å². The maximum absolute atomic E-state index is 9.89. The first kappa shape index (κ1) is 13.7. The van der Waals surface area contributed by atoms with Crippen molar-refractivity contribution < 1.29 is 9.94 Å². The van der Waals surface area contributed by atoms with Gasteiger partial charge in [-0.3, -0.25) is 5.21 Å². The summed E-state index contributed by atoms with van der Waals surface area (Å²) in [6, 6.07) is 7.85. The summed E-state index contributed by atoms with van der Waals surface area (Å²) in [5, 5.41) is 12.1. The van der Waals surface area contributed by atoms with Crippen molar-refractivity contribution in [2.24, 2.45) is 0 Å².